The quantitative estimate of drug-likeness (QED) is 0.728. The van der Waals surface area contributed by atoms with Crippen LogP contribution in [0, 0.1) is 17.8 Å². The van der Waals surface area contributed by atoms with Crippen molar-refractivity contribution in [3.05, 3.63) is 12.3 Å². The third kappa shape index (κ3) is 2.15. The molecule has 1 aliphatic heterocycles. The number of nitrogens with zero attached hydrogens (tertiary/aromatic N) is 1. The van der Waals surface area contributed by atoms with E-state index in [-0.39, 0.29) is 17.5 Å². The summed E-state index contributed by atoms with van der Waals surface area (Å²) >= 11 is 0. The zero-order valence-corrected chi connectivity index (χ0v) is 12.5. The Hall–Kier alpha value is -1.32. The van der Waals surface area contributed by atoms with Gasteiger partial charge in [0.25, 0.3) is 0 Å². The zero-order chi connectivity index (χ0) is 14.7. The molecule has 3 aliphatic rings. The van der Waals surface area contributed by atoms with E-state index in [1.165, 1.54) is 24.2 Å². The number of ketones is 1. The highest BCUT2D eigenvalue weighted by molar-refractivity contribution is 6.09. The zero-order valence-electron chi connectivity index (χ0n) is 12.5. The van der Waals surface area contributed by atoms with Crippen molar-refractivity contribution < 1.29 is 14.3 Å². The first-order valence-electron chi connectivity index (χ1n) is 7.55. The Kier molecular flexibility index (Phi) is 2.96. The van der Waals surface area contributed by atoms with Crippen molar-refractivity contribution in [1.82, 2.24) is 4.90 Å². The van der Waals surface area contributed by atoms with Gasteiger partial charge in [0.1, 0.15) is 11.6 Å². The summed E-state index contributed by atoms with van der Waals surface area (Å²) in [5, 5.41) is 0. The highest BCUT2D eigenvalue weighted by Gasteiger charge is 2.57. The first-order chi connectivity index (χ1) is 9.29. The lowest BCUT2D eigenvalue weighted by Gasteiger charge is -2.41. The van der Waals surface area contributed by atoms with Crippen LogP contribution in [0.25, 0.3) is 0 Å². The molecule has 4 nitrogen and oxygen atoms in total. The largest absolute Gasteiger partial charge is 0.443 e. The molecule has 3 atom stereocenters. The number of hydrogen-bond acceptors (Lipinski definition) is 3. The summed E-state index contributed by atoms with van der Waals surface area (Å²) in [6.07, 6.45) is 4.28. The van der Waals surface area contributed by atoms with E-state index in [9.17, 15) is 9.59 Å². The predicted octanol–water partition coefficient (Wildman–Crippen LogP) is 3.12. The van der Waals surface area contributed by atoms with Crippen LogP contribution in [0.1, 0.15) is 46.5 Å². The average molecular weight is 277 g/mol. The van der Waals surface area contributed by atoms with Gasteiger partial charge in [-0.05, 0) is 57.8 Å². The van der Waals surface area contributed by atoms with E-state index in [2.05, 4.69) is 6.58 Å². The fourth-order valence-corrected chi connectivity index (χ4v) is 3.89. The second kappa shape index (κ2) is 4.34. The molecule has 0 radical (unpaired) electrons. The highest BCUT2D eigenvalue weighted by Crippen LogP contribution is 2.60. The van der Waals surface area contributed by atoms with E-state index < -0.39 is 11.7 Å². The van der Waals surface area contributed by atoms with E-state index in [0.29, 0.717) is 5.92 Å². The molecule has 1 heterocycles. The van der Waals surface area contributed by atoms with Crippen molar-refractivity contribution >= 4 is 11.9 Å². The lowest BCUT2D eigenvalue weighted by Crippen LogP contribution is -2.58. The standard InChI is InChI=1S/C16H23NO3/c1-9-14(18)13(8-12-10-6-5-7-11(10)12)17(9)15(19)20-16(2,3)4/h10-13H,1,5-8H2,2-4H3. The molecule has 1 amide bonds. The molecule has 0 bridgehead atoms. The van der Waals surface area contributed by atoms with Crippen LogP contribution < -0.4 is 0 Å². The van der Waals surface area contributed by atoms with E-state index in [1.54, 1.807) is 0 Å². The van der Waals surface area contributed by atoms with Crippen LogP contribution >= 0.6 is 0 Å². The first-order valence-corrected chi connectivity index (χ1v) is 7.55. The van der Waals surface area contributed by atoms with Crippen LogP contribution in [0.2, 0.25) is 0 Å². The van der Waals surface area contributed by atoms with Crippen molar-refractivity contribution in [1.29, 1.82) is 0 Å². The van der Waals surface area contributed by atoms with Gasteiger partial charge in [0, 0.05) is 0 Å². The number of amides is 1. The minimum Gasteiger partial charge on any atom is -0.443 e. The van der Waals surface area contributed by atoms with Gasteiger partial charge in [0.2, 0.25) is 5.78 Å². The molecular formula is C16H23NO3. The molecule has 3 fully saturated rings. The maximum Gasteiger partial charge on any atom is 0.415 e. The van der Waals surface area contributed by atoms with Crippen LogP contribution in [0.15, 0.2) is 12.3 Å². The van der Waals surface area contributed by atoms with Gasteiger partial charge < -0.3 is 4.74 Å². The molecule has 3 rings (SSSR count). The molecule has 2 aliphatic carbocycles. The Balaban J connectivity index is 1.62. The number of rotatable bonds is 2. The Bertz CT molecular complexity index is 467. The third-order valence-electron chi connectivity index (χ3n) is 4.86. The maximum atomic E-state index is 12.1. The number of carbonyl (C=O) groups is 2. The molecule has 0 spiro atoms. The normalized spacial score (nSPS) is 35.6. The van der Waals surface area contributed by atoms with Crippen LogP contribution in [0.5, 0.6) is 0 Å². The van der Waals surface area contributed by atoms with Crippen LogP contribution in [0.4, 0.5) is 4.79 Å². The monoisotopic (exact) mass is 277 g/mol. The lowest BCUT2D eigenvalue weighted by atomic mass is 9.91. The van der Waals surface area contributed by atoms with Gasteiger partial charge in [0.05, 0.1) is 5.70 Å². The van der Waals surface area contributed by atoms with Gasteiger partial charge in [0.15, 0.2) is 0 Å². The summed E-state index contributed by atoms with van der Waals surface area (Å²) in [5.41, 5.74) is -0.258. The molecule has 0 N–H and O–H groups in total. The second-order valence-corrected chi connectivity index (χ2v) is 7.34. The van der Waals surface area contributed by atoms with Crippen molar-refractivity contribution in [3.8, 4) is 0 Å². The SMILES string of the molecule is C=C1C(=O)C(CC2C3CCCC32)N1C(=O)OC(C)(C)C. The number of fused-ring (bicyclic) bond motifs is 1. The number of carbonyl (C=O) groups excluding carboxylic acids is 2. The van der Waals surface area contributed by atoms with E-state index in [4.69, 9.17) is 4.74 Å². The minimum atomic E-state index is -0.545. The molecule has 20 heavy (non-hydrogen) atoms. The summed E-state index contributed by atoms with van der Waals surface area (Å²) in [4.78, 5) is 25.6. The molecular weight excluding hydrogens is 254 g/mol. The van der Waals surface area contributed by atoms with Crippen molar-refractivity contribution in [2.75, 3.05) is 0 Å². The fraction of sp³-hybridized carbons (Fsp3) is 0.750. The van der Waals surface area contributed by atoms with E-state index in [0.717, 1.165) is 18.3 Å². The minimum absolute atomic E-state index is 0.0147. The average Bonchev–Trinajstić information content (AvgIpc) is 2.78. The fourth-order valence-electron chi connectivity index (χ4n) is 3.89. The number of hydrogen-bond donors (Lipinski definition) is 0. The number of ether oxygens (including phenoxy) is 1. The van der Waals surface area contributed by atoms with Gasteiger partial charge in [-0.25, -0.2) is 4.79 Å². The molecule has 1 saturated heterocycles. The van der Waals surface area contributed by atoms with Gasteiger partial charge >= 0.3 is 6.09 Å². The second-order valence-electron chi connectivity index (χ2n) is 7.34. The highest BCUT2D eigenvalue weighted by atomic mass is 16.6. The molecule has 4 heteroatoms. The van der Waals surface area contributed by atoms with Crippen LogP contribution in [0.3, 0.4) is 0 Å². The molecule has 0 aromatic carbocycles. The summed E-state index contributed by atoms with van der Waals surface area (Å²) < 4.78 is 5.36. The predicted molar refractivity (Wildman–Crippen MR) is 74.9 cm³/mol. The summed E-state index contributed by atoms with van der Waals surface area (Å²) in [6, 6.07) is -0.326. The molecule has 110 valence electrons. The molecule has 0 aromatic rings. The Morgan fingerprint density at radius 2 is 1.95 bits per heavy atom. The van der Waals surface area contributed by atoms with Crippen molar-refractivity contribution in [2.45, 2.75) is 58.1 Å². The molecule has 3 unspecified atom stereocenters. The topological polar surface area (TPSA) is 46.6 Å². The first kappa shape index (κ1) is 13.7. The van der Waals surface area contributed by atoms with Crippen LogP contribution in [-0.2, 0) is 9.53 Å². The summed E-state index contributed by atoms with van der Waals surface area (Å²) in [7, 11) is 0. The van der Waals surface area contributed by atoms with Crippen LogP contribution in [-0.4, -0.2) is 28.4 Å². The smallest absolute Gasteiger partial charge is 0.415 e. The maximum absolute atomic E-state index is 12.1. The Labute approximate surface area is 120 Å². The number of Topliss-reactive ketones (excluding diaryl/α,β-unsaturated/α-hetero) is 1. The summed E-state index contributed by atoms with van der Waals surface area (Å²) in [6.45, 7) is 9.19. The van der Waals surface area contributed by atoms with Crippen molar-refractivity contribution in [2.24, 2.45) is 17.8 Å². The van der Waals surface area contributed by atoms with Gasteiger partial charge in [-0.15, -0.1) is 0 Å². The Morgan fingerprint density at radius 3 is 2.50 bits per heavy atom. The molecule has 0 aromatic heterocycles. The third-order valence-corrected chi connectivity index (χ3v) is 4.86. The molecule has 2 saturated carbocycles. The van der Waals surface area contributed by atoms with Crippen molar-refractivity contribution in [3.63, 3.8) is 0 Å². The lowest BCUT2D eigenvalue weighted by molar-refractivity contribution is -0.129. The van der Waals surface area contributed by atoms with E-state index >= 15 is 0 Å². The summed E-state index contributed by atoms with van der Waals surface area (Å²) in [5.74, 6) is 2.26. The Morgan fingerprint density at radius 1 is 1.35 bits per heavy atom. The van der Waals surface area contributed by atoms with Gasteiger partial charge in [-0.1, -0.05) is 13.0 Å². The van der Waals surface area contributed by atoms with E-state index in [1.807, 2.05) is 20.8 Å². The van der Waals surface area contributed by atoms with Gasteiger partial charge in [-0.2, -0.15) is 0 Å². The van der Waals surface area contributed by atoms with Gasteiger partial charge in [-0.3, -0.25) is 9.69 Å². The number of likely N-dealkylation sites (tertiary alicyclic amines) is 1.